The number of carbonyl (C=O) groups excluding carboxylic acids is 2. The van der Waals surface area contributed by atoms with E-state index in [0.29, 0.717) is 37.9 Å². The molecule has 4 atom stereocenters. The molecule has 1 aromatic rings. The highest BCUT2D eigenvalue weighted by atomic mass is 127. The molecule has 1 saturated heterocycles. The summed E-state index contributed by atoms with van der Waals surface area (Å²) in [6, 6.07) is 0. The second-order valence-corrected chi connectivity index (χ2v) is 8.92. The minimum Gasteiger partial charge on any atom is -0.356 e. The molecule has 2 heterocycles. The van der Waals surface area contributed by atoms with E-state index in [4.69, 9.17) is 0 Å². The fourth-order valence-corrected chi connectivity index (χ4v) is 5.08. The van der Waals surface area contributed by atoms with Gasteiger partial charge in [-0.1, -0.05) is 26.0 Å². The van der Waals surface area contributed by atoms with Gasteiger partial charge in [0.15, 0.2) is 5.96 Å². The molecule has 2 N–H and O–H groups in total. The smallest absolute Gasteiger partial charge is 0.233 e. The third-order valence-electron chi connectivity index (χ3n) is 6.41. The summed E-state index contributed by atoms with van der Waals surface area (Å²) in [6.07, 6.45) is 9.74. The number of guanidine groups is 1. The lowest BCUT2D eigenvalue weighted by Crippen LogP contribution is -2.40. The number of nitrogens with zero attached hydrogens (tertiary/aromatic N) is 4. The summed E-state index contributed by atoms with van der Waals surface area (Å²) in [7, 11) is 1.73. The van der Waals surface area contributed by atoms with Crippen LogP contribution < -0.4 is 10.6 Å². The first-order valence-electron chi connectivity index (χ1n) is 11.0. The van der Waals surface area contributed by atoms with Crippen LogP contribution in [0.1, 0.15) is 32.5 Å². The lowest BCUT2D eigenvalue weighted by atomic mass is 9.85. The van der Waals surface area contributed by atoms with Gasteiger partial charge in [-0.3, -0.25) is 19.5 Å². The molecular weight excluding hydrogens is 507 g/mol. The maximum absolute atomic E-state index is 12.7. The number of amides is 2. The first-order valence-corrected chi connectivity index (χ1v) is 11.0. The number of hydrogen-bond donors (Lipinski definition) is 2. The van der Waals surface area contributed by atoms with Crippen LogP contribution in [0, 0.1) is 29.6 Å². The summed E-state index contributed by atoms with van der Waals surface area (Å²) in [6.45, 7) is 6.98. The number of likely N-dealkylation sites (tertiary alicyclic amines) is 1. The molecule has 1 aliphatic heterocycles. The number of allylic oxidation sites excluding steroid dienone is 2. The van der Waals surface area contributed by atoms with E-state index in [1.165, 1.54) is 4.90 Å². The van der Waals surface area contributed by atoms with E-state index in [-0.39, 0.29) is 59.5 Å². The summed E-state index contributed by atoms with van der Waals surface area (Å²) in [5.41, 5.74) is 0. The number of nitrogens with one attached hydrogen (secondary N) is 2. The van der Waals surface area contributed by atoms with Crippen LogP contribution in [0.25, 0.3) is 0 Å². The Balaban J connectivity index is 0.00000272. The van der Waals surface area contributed by atoms with Crippen molar-refractivity contribution in [3.8, 4) is 0 Å². The Morgan fingerprint density at radius 3 is 2.48 bits per heavy atom. The van der Waals surface area contributed by atoms with Crippen LogP contribution in [-0.2, 0) is 22.7 Å². The van der Waals surface area contributed by atoms with Crippen LogP contribution >= 0.6 is 24.0 Å². The van der Waals surface area contributed by atoms with Crippen molar-refractivity contribution in [2.75, 3.05) is 20.1 Å². The largest absolute Gasteiger partial charge is 0.356 e. The second kappa shape index (κ2) is 10.1. The lowest BCUT2D eigenvalue weighted by Gasteiger charge is -2.18. The van der Waals surface area contributed by atoms with Crippen LogP contribution in [0.3, 0.4) is 0 Å². The Bertz CT molecular complexity index is 834. The molecule has 2 amide bonds. The predicted molar refractivity (Wildman–Crippen MR) is 130 cm³/mol. The van der Waals surface area contributed by atoms with Gasteiger partial charge in [-0.15, -0.1) is 24.0 Å². The highest BCUT2D eigenvalue weighted by Crippen LogP contribution is 2.52. The molecule has 1 saturated carbocycles. The van der Waals surface area contributed by atoms with Gasteiger partial charge in [0.1, 0.15) is 5.82 Å². The molecule has 0 spiro atoms. The Morgan fingerprint density at radius 1 is 1.19 bits per heavy atom. The summed E-state index contributed by atoms with van der Waals surface area (Å²) in [4.78, 5) is 35.6. The number of hydrogen-bond acceptors (Lipinski definition) is 4. The quantitative estimate of drug-likeness (QED) is 0.132. The molecule has 2 fully saturated rings. The zero-order chi connectivity index (χ0) is 21.3. The maximum Gasteiger partial charge on any atom is 0.233 e. The van der Waals surface area contributed by atoms with Crippen molar-refractivity contribution < 1.29 is 9.59 Å². The number of imide groups is 1. The number of halogens is 1. The molecule has 1 aromatic heterocycles. The number of carbonyl (C=O) groups is 2. The van der Waals surface area contributed by atoms with Crippen LogP contribution in [0.15, 0.2) is 29.5 Å². The molecule has 8 nitrogen and oxygen atoms in total. The van der Waals surface area contributed by atoms with Gasteiger partial charge in [0.25, 0.3) is 0 Å². The summed E-state index contributed by atoms with van der Waals surface area (Å²) < 4.78 is 2.15. The van der Waals surface area contributed by atoms with Crippen LogP contribution in [0.5, 0.6) is 0 Å². The Hall–Kier alpha value is -1.91. The summed E-state index contributed by atoms with van der Waals surface area (Å²) >= 11 is 0. The second-order valence-electron chi connectivity index (χ2n) is 8.92. The van der Waals surface area contributed by atoms with Crippen molar-refractivity contribution in [1.82, 2.24) is 25.1 Å². The predicted octanol–water partition coefficient (Wildman–Crippen LogP) is 2.02. The number of rotatable bonds is 8. The van der Waals surface area contributed by atoms with Crippen LogP contribution in [-0.4, -0.2) is 52.4 Å². The van der Waals surface area contributed by atoms with E-state index in [1.807, 2.05) is 12.4 Å². The number of imidazole rings is 1. The van der Waals surface area contributed by atoms with Crippen molar-refractivity contribution in [2.45, 2.75) is 39.8 Å². The molecule has 2 bridgehead atoms. The van der Waals surface area contributed by atoms with E-state index in [2.05, 4.69) is 51.2 Å². The molecule has 170 valence electrons. The third kappa shape index (κ3) is 4.80. The lowest BCUT2D eigenvalue weighted by molar-refractivity contribution is -0.140. The van der Waals surface area contributed by atoms with Crippen molar-refractivity contribution >= 4 is 41.8 Å². The number of fused-ring (bicyclic) bond motifs is 5. The normalized spacial score (nSPS) is 26.6. The van der Waals surface area contributed by atoms with Crippen LogP contribution in [0.2, 0.25) is 0 Å². The standard InChI is InChI=1S/C22H32N6O2.HI/c1-14(2)13-27-10-8-24-17(27)12-26-22(23-3)25-7-4-9-28-20(29)18-15-5-6-16(11-15)19(18)21(28)30;/h5-6,8,10,14-16,18-19H,4,7,9,11-13H2,1-3H3,(H2,23,25,26);1H. The van der Waals surface area contributed by atoms with E-state index in [1.54, 1.807) is 7.05 Å². The van der Waals surface area contributed by atoms with Crippen molar-refractivity contribution in [1.29, 1.82) is 0 Å². The van der Waals surface area contributed by atoms with E-state index >= 15 is 0 Å². The summed E-state index contributed by atoms with van der Waals surface area (Å²) in [5.74, 6) is 2.59. The zero-order valence-electron chi connectivity index (χ0n) is 18.5. The van der Waals surface area contributed by atoms with Gasteiger partial charge >= 0.3 is 0 Å². The SMILES string of the molecule is CN=C(NCCCN1C(=O)C2C3C=CC(C3)C2C1=O)NCc1nccn1CC(C)C.I. The average molecular weight is 540 g/mol. The van der Waals surface area contributed by atoms with Gasteiger partial charge in [0.05, 0.1) is 18.4 Å². The first-order chi connectivity index (χ1) is 14.5. The zero-order valence-corrected chi connectivity index (χ0v) is 20.8. The summed E-state index contributed by atoms with van der Waals surface area (Å²) in [5, 5.41) is 6.55. The average Bonchev–Trinajstić information content (AvgIpc) is 3.48. The highest BCUT2D eigenvalue weighted by Gasteiger charge is 2.58. The molecule has 4 unspecified atom stereocenters. The molecule has 0 radical (unpaired) electrons. The topological polar surface area (TPSA) is 91.6 Å². The van der Waals surface area contributed by atoms with Gasteiger partial charge in [-0.25, -0.2) is 4.98 Å². The van der Waals surface area contributed by atoms with E-state index < -0.39 is 0 Å². The Labute approximate surface area is 201 Å². The molecule has 31 heavy (non-hydrogen) atoms. The first kappa shape index (κ1) is 23.7. The maximum atomic E-state index is 12.7. The minimum atomic E-state index is -0.107. The van der Waals surface area contributed by atoms with Gasteiger partial charge in [0.2, 0.25) is 11.8 Å². The van der Waals surface area contributed by atoms with Crippen molar-refractivity contribution in [2.24, 2.45) is 34.6 Å². The molecule has 3 aliphatic rings. The van der Waals surface area contributed by atoms with Crippen molar-refractivity contribution in [3.05, 3.63) is 30.4 Å². The van der Waals surface area contributed by atoms with Crippen molar-refractivity contribution in [3.63, 3.8) is 0 Å². The monoisotopic (exact) mass is 540 g/mol. The van der Waals surface area contributed by atoms with Gasteiger partial charge in [-0.2, -0.15) is 0 Å². The molecular formula is C22H33IN6O2. The molecule has 2 aliphatic carbocycles. The molecule has 4 rings (SSSR count). The highest BCUT2D eigenvalue weighted by molar-refractivity contribution is 14.0. The fourth-order valence-electron chi connectivity index (χ4n) is 5.08. The molecule has 9 heteroatoms. The number of aromatic nitrogens is 2. The molecule has 0 aromatic carbocycles. The fraction of sp³-hybridized carbons (Fsp3) is 0.636. The number of aliphatic imine (C=N–C) groups is 1. The van der Waals surface area contributed by atoms with E-state index in [9.17, 15) is 9.59 Å². The Morgan fingerprint density at radius 2 is 1.87 bits per heavy atom. The minimum absolute atomic E-state index is 0. The van der Waals surface area contributed by atoms with Gasteiger partial charge < -0.3 is 15.2 Å². The van der Waals surface area contributed by atoms with Gasteiger partial charge in [0, 0.05) is 39.1 Å². The van der Waals surface area contributed by atoms with Crippen LogP contribution in [0.4, 0.5) is 0 Å². The van der Waals surface area contributed by atoms with Gasteiger partial charge in [-0.05, 0) is 30.6 Å². The third-order valence-corrected chi connectivity index (χ3v) is 6.41. The van der Waals surface area contributed by atoms with E-state index in [0.717, 1.165) is 18.8 Å². The Kier molecular flexibility index (Phi) is 7.77.